The van der Waals surface area contributed by atoms with Gasteiger partial charge < -0.3 is 4.90 Å². The highest BCUT2D eigenvalue weighted by Gasteiger charge is 2.33. The summed E-state index contributed by atoms with van der Waals surface area (Å²) in [7, 11) is 0. The van der Waals surface area contributed by atoms with E-state index in [4.69, 9.17) is 0 Å². The van der Waals surface area contributed by atoms with Gasteiger partial charge in [0, 0.05) is 13.1 Å². The van der Waals surface area contributed by atoms with Gasteiger partial charge in [-0.1, -0.05) is 36.4 Å². The summed E-state index contributed by atoms with van der Waals surface area (Å²) in [5.74, 6) is 2.62. The standard InChI is InChI=1S/C23H27N4/c1-3-11-20(12-4-1)26-22(24-15-7-8-16-24)19-23(25-17-9-10-18-25)27(26)21-13-5-2-6-14-21/h1-6,11-14,19H,7-10,15-18H2/q+1. The molecular formula is C23H27N4+. The molecule has 4 nitrogen and oxygen atoms in total. The van der Waals surface area contributed by atoms with Crippen molar-refractivity contribution in [3.05, 3.63) is 66.7 Å². The van der Waals surface area contributed by atoms with E-state index in [9.17, 15) is 0 Å². The number of para-hydroxylation sites is 2. The zero-order valence-electron chi connectivity index (χ0n) is 15.8. The molecule has 0 bridgehead atoms. The van der Waals surface area contributed by atoms with E-state index in [1.807, 2.05) is 0 Å². The van der Waals surface area contributed by atoms with E-state index in [1.54, 1.807) is 0 Å². The van der Waals surface area contributed by atoms with Crippen molar-refractivity contribution in [2.45, 2.75) is 25.7 Å². The molecule has 0 unspecified atom stereocenters. The maximum Gasteiger partial charge on any atom is 0.305 e. The molecule has 2 aliphatic heterocycles. The van der Waals surface area contributed by atoms with E-state index >= 15 is 0 Å². The number of hydrogen-bond donors (Lipinski definition) is 0. The molecule has 0 aliphatic carbocycles. The Morgan fingerprint density at radius 1 is 0.630 bits per heavy atom. The first-order chi connectivity index (χ1) is 13.4. The second-order valence-electron chi connectivity index (χ2n) is 7.54. The Hall–Kier alpha value is -2.75. The highest BCUT2D eigenvalue weighted by Crippen LogP contribution is 2.30. The number of nitrogens with zero attached hydrogens (tertiary/aromatic N) is 4. The Labute approximate surface area is 161 Å². The number of aromatic nitrogens is 2. The molecule has 2 aromatic carbocycles. The molecule has 2 fully saturated rings. The van der Waals surface area contributed by atoms with Crippen LogP contribution in [0.4, 0.5) is 11.6 Å². The Morgan fingerprint density at radius 2 is 1.19 bits per heavy atom. The summed E-state index contributed by atoms with van der Waals surface area (Å²) in [6.45, 7) is 4.58. The molecule has 0 saturated carbocycles. The van der Waals surface area contributed by atoms with Gasteiger partial charge in [-0.05, 0) is 49.9 Å². The minimum absolute atomic E-state index is 1.14. The van der Waals surface area contributed by atoms with Gasteiger partial charge in [-0.25, -0.2) is 0 Å². The van der Waals surface area contributed by atoms with Crippen LogP contribution in [-0.4, -0.2) is 30.9 Å². The van der Waals surface area contributed by atoms with Gasteiger partial charge in [0.05, 0.1) is 24.8 Å². The normalized spacial score (nSPS) is 17.0. The SMILES string of the molecule is c1ccc(-n2c(N3CCCC3)cc(N3CCCC3)[n+]2-c2ccccc2)cc1. The van der Waals surface area contributed by atoms with Crippen LogP contribution in [-0.2, 0) is 0 Å². The number of benzene rings is 2. The molecule has 0 radical (unpaired) electrons. The fourth-order valence-corrected chi connectivity index (χ4v) is 4.42. The van der Waals surface area contributed by atoms with Crippen LogP contribution in [0.5, 0.6) is 0 Å². The molecule has 138 valence electrons. The summed E-state index contributed by atoms with van der Waals surface area (Å²) in [4.78, 5) is 5.10. The van der Waals surface area contributed by atoms with Gasteiger partial charge in [-0.15, -0.1) is 4.68 Å². The maximum atomic E-state index is 2.55. The molecule has 27 heavy (non-hydrogen) atoms. The van der Waals surface area contributed by atoms with Crippen LogP contribution in [0.25, 0.3) is 11.4 Å². The van der Waals surface area contributed by atoms with Crippen molar-refractivity contribution in [2.75, 3.05) is 36.0 Å². The van der Waals surface area contributed by atoms with E-state index in [0.29, 0.717) is 0 Å². The molecule has 1 aromatic heterocycles. The summed E-state index contributed by atoms with van der Waals surface area (Å²) < 4.78 is 4.82. The lowest BCUT2D eigenvalue weighted by molar-refractivity contribution is -0.661. The summed E-state index contributed by atoms with van der Waals surface area (Å²) in [5, 5.41) is 0. The van der Waals surface area contributed by atoms with Gasteiger partial charge in [0.15, 0.2) is 11.5 Å². The Kier molecular flexibility index (Phi) is 4.32. The van der Waals surface area contributed by atoms with Crippen LogP contribution < -0.4 is 14.5 Å². The molecule has 0 N–H and O–H groups in total. The molecule has 2 aliphatic rings. The summed E-state index contributed by atoms with van der Waals surface area (Å²) in [6.07, 6.45) is 5.13. The average molecular weight is 359 g/mol. The first-order valence-electron chi connectivity index (χ1n) is 10.2. The zero-order valence-corrected chi connectivity index (χ0v) is 15.8. The minimum atomic E-state index is 1.14. The Bertz CT molecular complexity index is 815. The summed E-state index contributed by atoms with van der Waals surface area (Å²) >= 11 is 0. The van der Waals surface area contributed by atoms with Crippen molar-refractivity contribution in [2.24, 2.45) is 0 Å². The third kappa shape index (κ3) is 2.99. The topological polar surface area (TPSA) is 15.3 Å². The second-order valence-corrected chi connectivity index (χ2v) is 7.54. The fraction of sp³-hybridized carbons (Fsp3) is 0.348. The van der Waals surface area contributed by atoms with Crippen LogP contribution in [0.1, 0.15) is 25.7 Å². The van der Waals surface area contributed by atoms with Gasteiger partial charge in [0.1, 0.15) is 0 Å². The van der Waals surface area contributed by atoms with Crippen LogP contribution in [0.3, 0.4) is 0 Å². The van der Waals surface area contributed by atoms with E-state index in [2.05, 4.69) is 85.9 Å². The van der Waals surface area contributed by atoms with Crippen molar-refractivity contribution >= 4 is 11.6 Å². The lowest BCUT2D eigenvalue weighted by Gasteiger charge is -2.19. The van der Waals surface area contributed by atoms with E-state index < -0.39 is 0 Å². The third-order valence-electron chi connectivity index (χ3n) is 5.75. The van der Waals surface area contributed by atoms with Crippen molar-refractivity contribution < 1.29 is 4.68 Å². The van der Waals surface area contributed by atoms with Gasteiger partial charge in [0.25, 0.3) is 0 Å². The first-order valence-corrected chi connectivity index (χ1v) is 10.2. The quantitative estimate of drug-likeness (QED) is 0.655. The van der Waals surface area contributed by atoms with E-state index in [-0.39, 0.29) is 0 Å². The van der Waals surface area contributed by atoms with Gasteiger partial charge >= 0.3 is 5.82 Å². The van der Waals surface area contributed by atoms with E-state index in [0.717, 1.165) is 26.2 Å². The van der Waals surface area contributed by atoms with Gasteiger partial charge in [-0.3, -0.25) is 4.90 Å². The minimum Gasteiger partial charge on any atom is -0.355 e. The van der Waals surface area contributed by atoms with Crippen LogP contribution in [0, 0.1) is 0 Å². The third-order valence-corrected chi connectivity index (χ3v) is 5.75. The number of anilines is 2. The summed E-state index contributed by atoms with van der Waals surface area (Å²) in [5.41, 5.74) is 2.43. The summed E-state index contributed by atoms with van der Waals surface area (Å²) in [6, 6.07) is 24.0. The zero-order chi connectivity index (χ0) is 18.1. The van der Waals surface area contributed by atoms with Crippen LogP contribution >= 0.6 is 0 Å². The average Bonchev–Trinajstić information content (AvgIpc) is 3.49. The molecule has 5 rings (SSSR count). The molecule has 3 heterocycles. The maximum absolute atomic E-state index is 2.55. The molecule has 3 aromatic rings. The van der Waals surface area contributed by atoms with Gasteiger partial charge in [-0.2, -0.15) is 4.68 Å². The number of rotatable bonds is 4. The predicted octanol–water partition coefficient (Wildman–Crippen LogP) is 3.95. The molecular weight excluding hydrogens is 332 g/mol. The predicted molar refractivity (Wildman–Crippen MR) is 110 cm³/mol. The van der Waals surface area contributed by atoms with Crippen molar-refractivity contribution in [1.82, 2.24) is 4.68 Å². The first kappa shape index (κ1) is 16.4. The highest BCUT2D eigenvalue weighted by molar-refractivity contribution is 5.55. The smallest absolute Gasteiger partial charge is 0.305 e. The lowest BCUT2D eigenvalue weighted by atomic mass is 10.3. The molecule has 2 saturated heterocycles. The molecule has 0 spiro atoms. The van der Waals surface area contributed by atoms with E-state index in [1.165, 1.54) is 48.7 Å². The Morgan fingerprint density at radius 3 is 1.81 bits per heavy atom. The van der Waals surface area contributed by atoms with Crippen LogP contribution in [0.2, 0.25) is 0 Å². The lowest BCUT2D eigenvalue weighted by Crippen LogP contribution is -2.45. The van der Waals surface area contributed by atoms with Crippen molar-refractivity contribution in [3.8, 4) is 11.4 Å². The molecule has 0 amide bonds. The Balaban J connectivity index is 1.76. The van der Waals surface area contributed by atoms with Crippen molar-refractivity contribution in [1.29, 1.82) is 0 Å². The molecule has 4 heteroatoms. The number of hydrogen-bond acceptors (Lipinski definition) is 2. The fourth-order valence-electron chi connectivity index (χ4n) is 4.42. The highest BCUT2D eigenvalue weighted by atomic mass is 15.5. The van der Waals surface area contributed by atoms with Gasteiger partial charge in [0.2, 0.25) is 0 Å². The largest absolute Gasteiger partial charge is 0.355 e. The monoisotopic (exact) mass is 359 g/mol. The second kappa shape index (κ2) is 7.10. The van der Waals surface area contributed by atoms with Crippen LogP contribution in [0.15, 0.2) is 66.7 Å². The van der Waals surface area contributed by atoms with Crippen molar-refractivity contribution in [3.63, 3.8) is 0 Å². The molecule has 0 atom stereocenters.